The molecule has 1 aliphatic rings. The Kier molecular flexibility index (Phi) is 4.25. The Labute approximate surface area is 109 Å². The van der Waals surface area contributed by atoms with Crippen molar-refractivity contribution in [3.8, 4) is 5.75 Å². The molecule has 1 fully saturated rings. The summed E-state index contributed by atoms with van der Waals surface area (Å²) in [5.74, 6) is 1.30. The Morgan fingerprint density at radius 2 is 2.17 bits per heavy atom. The molecular formula is C15H23NO2. The topological polar surface area (TPSA) is 41.5 Å². The lowest BCUT2D eigenvalue weighted by Gasteiger charge is -2.21. The van der Waals surface area contributed by atoms with Crippen molar-refractivity contribution in [2.45, 2.75) is 44.8 Å². The van der Waals surface area contributed by atoms with Crippen LogP contribution in [0.25, 0.3) is 0 Å². The molecule has 1 saturated heterocycles. The highest BCUT2D eigenvalue weighted by Gasteiger charge is 2.24. The molecule has 0 spiro atoms. The molecule has 1 aromatic carbocycles. The SMILES string of the molecule is COc1ccc(C(O)C2CCCN2)cc1C(C)C. The van der Waals surface area contributed by atoms with Crippen molar-refractivity contribution in [2.24, 2.45) is 0 Å². The molecule has 1 aliphatic heterocycles. The molecule has 2 N–H and O–H groups in total. The molecule has 2 unspecified atom stereocenters. The molecule has 0 aliphatic carbocycles. The number of aliphatic hydroxyl groups is 1. The second-order valence-corrected chi connectivity index (χ2v) is 5.30. The highest BCUT2D eigenvalue weighted by atomic mass is 16.5. The third-order valence-corrected chi connectivity index (χ3v) is 3.70. The number of aliphatic hydroxyl groups excluding tert-OH is 1. The summed E-state index contributed by atoms with van der Waals surface area (Å²) >= 11 is 0. The average molecular weight is 249 g/mol. The van der Waals surface area contributed by atoms with Crippen molar-refractivity contribution < 1.29 is 9.84 Å². The maximum absolute atomic E-state index is 10.4. The van der Waals surface area contributed by atoms with Gasteiger partial charge >= 0.3 is 0 Å². The third-order valence-electron chi connectivity index (χ3n) is 3.70. The molecule has 1 heterocycles. The van der Waals surface area contributed by atoms with E-state index in [4.69, 9.17) is 4.74 Å². The Balaban J connectivity index is 2.25. The first kappa shape index (κ1) is 13.4. The van der Waals surface area contributed by atoms with Crippen LogP contribution in [0, 0.1) is 0 Å². The van der Waals surface area contributed by atoms with Gasteiger partial charge in [-0.3, -0.25) is 0 Å². The summed E-state index contributed by atoms with van der Waals surface area (Å²) in [4.78, 5) is 0. The van der Waals surface area contributed by atoms with Crippen molar-refractivity contribution in [2.75, 3.05) is 13.7 Å². The van der Waals surface area contributed by atoms with Crippen LogP contribution < -0.4 is 10.1 Å². The van der Waals surface area contributed by atoms with Gasteiger partial charge in [-0.25, -0.2) is 0 Å². The van der Waals surface area contributed by atoms with E-state index >= 15 is 0 Å². The molecule has 1 aromatic rings. The number of methoxy groups -OCH3 is 1. The summed E-state index contributed by atoms with van der Waals surface area (Å²) < 4.78 is 5.37. The van der Waals surface area contributed by atoms with Crippen LogP contribution in [0.2, 0.25) is 0 Å². The van der Waals surface area contributed by atoms with E-state index in [1.165, 1.54) is 0 Å². The summed E-state index contributed by atoms with van der Waals surface area (Å²) in [6, 6.07) is 6.20. The van der Waals surface area contributed by atoms with Gasteiger partial charge in [-0.15, -0.1) is 0 Å². The summed E-state index contributed by atoms with van der Waals surface area (Å²) in [6.45, 7) is 5.29. The lowest BCUT2D eigenvalue weighted by molar-refractivity contribution is 0.137. The summed E-state index contributed by atoms with van der Waals surface area (Å²) in [7, 11) is 1.69. The minimum Gasteiger partial charge on any atom is -0.496 e. The van der Waals surface area contributed by atoms with E-state index in [9.17, 15) is 5.11 Å². The van der Waals surface area contributed by atoms with Crippen molar-refractivity contribution >= 4 is 0 Å². The first-order chi connectivity index (χ1) is 8.63. The van der Waals surface area contributed by atoms with Crippen molar-refractivity contribution in [1.29, 1.82) is 0 Å². The zero-order chi connectivity index (χ0) is 13.1. The molecule has 0 saturated carbocycles. The number of hydrogen-bond acceptors (Lipinski definition) is 3. The smallest absolute Gasteiger partial charge is 0.122 e. The summed E-state index contributed by atoms with van der Waals surface area (Å²) in [5, 5.41) is 13.7. The minimum atomic E-state index is -0.420. The van der Waals surface area contributed by atoms with Gasteiger partial charge in [0.2, 0.25) is 0 Å². The fraction of sp³-hybridized carbons (Fsp3) is 0.600. The normalized spacial score (nSPS) is 21.3. The zero-order valence-corrected chi connectivity index (χ0v) is 11.4. The average Bonchev–Trinajstić information content (AvgIpc) is 2.90. The Morgan fingerprint density at radius 1 is 1.39 bits per heavy atom. The van der Waals surface area contributed by atoms with Crippen molar-refractivity contribution in [3.63, 3.8) is 0 Å². The fourth-order valence-corrected chi connectivity index (χ4v) is 2.60. The number of benzene rings is 1. The van der Waals surface area contributed by atoms with Crippen LogP contribution in [0.1, 0.15) is 49.8 Å². The first-order valence-electron chi connectivity index (χ1n) is 6.72. The second-order valence-electron chi connectivity index (χ2n) is 5.30. The Morgan fingerprint density at radius 3 is 2.72 bits per heavy atom. The maximum Gasteiger partial charge on any atom is 0.122 e. The molecular weight excluding hydrogens is 226 g/mol. The van der Waals surface area contributed by atoms with Crippen LogP contribution in [-0.2, 0) is 0 Å². The van der Waals surface area contributed by atoms with Crippen LogP contribution in [-0.4, -0.2) is 24.8 Å². The van der Waals surface area contributed by atoms with Crippen LogP contribution in [0.5, 0.6) is 5.75 Å². The highest BCUT2D eigenvalue weighted by Crippen LogP contribution is 2.31. The van der Waals surface area contributed by atoms with Crippen molar-refractivity contribution in [3.05, 3.63) is 29.3 Å². The van der Waals surface area contributed by atoms with Gasteiger partial charge in [0, 0.05) is 6.04 Å². The van der Waals surface area contributed by atoms with Crippen LogP contribution in [0.4, 0.5) is 0 Å². The quantitative estimate of drug-likeness (QED) is 0.862. The fourth-order valence-electron chi connectivity index (χ4n) is 2.60. The van der Waals surface area contributed by atoms with Gasteiger partial charge < -0.3 is 15.2 Å². The number of nitrogens with one attached hydrogen (secondary N) is 1. The molecule has 18 heavy (non-hydrogen) atoms. The van der Waals surface area contributed by atoms with Crippen LogP contribution >= 0.6 is 0 Å². The number of ether oxygens (including phenoxy) is 1. The van der Waals surface area contributed by atoms with E-state index in [-0.39, 0.29) is 6.04 Å². The van der Waals surface area contributed by atoms with E-state index in [1.54, 1.807) is 7.11 Å². The lowest BCUT2D eigenvalue weighted by Crippen LogP contribution is -2.28. The molecule has 3 heteroatoms. The van der Waals surface area contributed by atoms with Crippen LogP contribution in [0.15, 0.2) is 18.2 Å². The summed E-state index contributed by atoms with van der Waals surface area (Å²) in [5.41, 5.74) is 2.14. The van der Waals surface area contributed by atoms with Gasteiger partial charge in [0.15, 0.2) is 0 Å². The number of hydrogen-bond donors (Lipinski definition) is 2. The standard InChI is InChI=1S/C15H23NO2/c1-10(2)12-9-11(6-7-14(12)18-3)15(17)13-5-4-8-16-13/h6-7,9-10,13,15-17H,4-5,8H2,1-3H3. The van der Waals surface area contributed by atoms with Gasteiger partial charge in [0.1, 0.15) is 5.75 Å². The zero-order valence-electron chi connectivity index (χ0n) is 11.4. The van der Waals surface area contributed by atoms with Gasteiger partial charge in [0.05, 0.1) is 13.2 Å². The molecule has 0 aromatic heterocycles. The predicted octanol–water partition coefficient (Wildman–Crippen LogP) is 2.60. The van der Waals surface area contributed by atoms with E-state index in [0.717, 1.165) is 36.3 Å². The second kappa shape index (κ2) is 5.72. The van der Waals surface area contributed by atoms with E-state index < -0.39 is 6.10 Å². The largest absolute Gasteiger partial charge is 0.496 e. The molecule has 2 rings (SSSR count). The number of rotatable bonds is 4. The van der Waals surface area contributed by atoms with Gasteiger partial charge in [-0.05, 0) is 48.6 Å². The van der Waals surface area contributed by atoms with Gasteiger partial charge in [-0.1, -0.05) is 19.9 Å². The molecule has 0 radical (unpaired) electrons. The lowest BCUT2D eigenvalue weighted by atomic mass is 9.94. The van der Waals surface area contributed by atoms with E-state index in [2.05, 4.69) is 25.2 Å². The minimum absolute atomic E-state index is 0.193. The molecule has 0 bridgehead atoms. The molecule has 3 nitrogen and oxygen atoms in total. The molecule has 2 atom stereocenters. The Hall–Kier alpha value is -1.06. The van der Waals surface area contributed by atoms with E-state index in [0.29, 0.717) is 5.92 Å². The highest BCUT2D eigenvalue weighted by molar-refractivity contribution is 5.40. The monoisotopic (exact) mass is 249 g/mol. The van der Waals surface area contributed by atoms with Gasteiger partial charge in [-0.2, -0.15) is 0 Å². The maximum atomic E-state index is 10.4. The molecule has 100 valence electrons. The summed E-state index contributed by atoms with van der Waals surface area (Å²) in [6.07, 6.45) is 1.77. The van der Waals surface area contributed by atoms with E-state index in [1.807, 2.05) is 12.1 Å². The van der Waals surface area contributed by atoms with Gasteiger partial charge in [0.25, 0.3) is 0 Å². The van der Waals surface area contributed by atoms with Crippen LogP contribution in [0.3, 0.4) is 0 Å². The predicted molar refractivity (Wildman–Crippen MR) is 73.1 cm³/mol. The molecule has 0 amide bonds. The Bertz CT molecular complexity index is 397. The third kappa shape index (κ3) is 2.68. The first-order valence-corrected chi connectivity index (χ1v) is 6.72. The van der Waals surface area contributed by atoms with Crippen molar-refractivity contribution in [1.82, 2.24) is 5.32 Å².